The van der Waals surface area contributed by atoms with Crippen LogP contribution in [0.25, 0.3) is 0 Å². The number of carbonyl (C=O) groups excluding carboxylic acids is 2. The number of benzene rings is 1. The smallest absolute Gasteiger partial charge is 0.344 e. The molecule has 1 aromatic heterocycles. The van der Waals surface area contributed by atoms with Crippen LogP contribution in [-0.4, -0.2) is 34.4 Å². The molecule has 0 bridgehead atoms. The van der Waals surface area contributed by atoms with Crippen LogP contribution in [0.5, 0.6) is 5.75 Å². The fraction of sp³-hybridized carbons (Fsp3) is 0.421. The van der Waals surface area contributed by atoms with Gasteiger partial charge in [-0.05, 0) is 51.8 Å². The lowest BCUT2D eigenvalue weighted by molar-refractivity contribution is -0.155. The maximum atomic E-state index is 12.3. The van der Waals surface area contributed by atoms with Crippen LogP contribution < -0.4 is 10.1 Å². The van der Waals surface area contributed by atoms with E-state index in [1.54, 1.807) is 18.7 Å². The molecule has 1 aromatic carbocycles. The summed E-state index contributed by atoms with van der Waals surface area (Å²) in [6.07, 6.45) is -0.941. The number of anilines is 1. The van der Waals surface area contributed by atoms with Gasteiger partial charge in [0, 0.05) is 7.05 Å². The molecule has 0 saturated carbocycles. The van der Waals surface area contributed by atoms with E-state index in [2.05, 4.69) is 10.4 Å². The van der Waals surface area contributed by atoms with Crippen LogP contribution in [0.1, 0.15) is 29.4 Å². The van der Waals surface area contributed by atoms with E-state index in [0.29, 0.717) is 17.1 Å². The van der Waals surface area contributed by atoms with E-state index in [-0.39, 0.29) is 6.61 Å². The largest absolute Gasteiger partial charge is 0.482 e. The lowest BCUT2D eigenvalue weighted by Gasteiger charge is -2.15. The predicted molar refractivity (Wildman–Crippen MR) is 98.3 cm³/mol. The van der Waals surface area contributed by atoms with E-state index in [1.807, 2.05) is 39.0 Å². The topological polar surface area (TPSA) is 82.4 Å². The van der Waals surface area contributed by atoms with Crippen LogP contribution in [0.15, 0.2) is 18.2 Å². The Kier molecular flexibility index (Phi) is 6.02. The number of hydrogen-bond donors (Lipinski definition) is 1. The van der Waals surface area contributed by atoms with Gasteiger partial charge in [-0.25, -0.2) is 4.79 Å². The van der Waals surface area contributed by atoms with Gasteiger partial charge < -0.3 is 14.8 Å². The van der Waals surface area contributed by atoms with Crippen LogP contribution in [0.2, 0.25) is 0 Å². The SMILES string of the molecule is Cc1ccc(C)c(OCC(=O)O[C@@H](C)C(=O)Nc2c(C)nn(C)c2C)c1. The molecule has 26 heavy (non-hydrogen) atoms. The van der Waals surface area contributed by atoms with Gasteiger partial charge in [-0.2, -0.15) is 5.10 Å². The molecule has 0 fully saturated rings. The van der Waals surface area contributed by atoms with E-state index < -0.39 is 18.0 Å². The molecule has 7 heteroatoms. The molecule has 2 aromatic rings. The van der Waals surface area contributed by atoms with Crippen LogP contribution in [0, 0.1) is 27.7 Å². The van der Waals surface area contributed by atoms with Gasteiger partial charge in [-0.15, -0.1) is 0 Å². The first-order valence-corrected chi connectivity index (χ1v) is 8.39. The molecule has 0 aliphatic rings. The Balaban J connectivity index is 1.90. The highest BCUT2D eigenvalue weighted by molar-refractivity contribution is 5.96. The van der Waals surface area contributed by atoms with Crippen molar-refractivity contribution in [1.82, 2.24) is 9.78 Å². The average Bonchev–Trinajstić information content (AvgIpc) is 2.81. The summed E-state index contributed by atoms with van der Waals surface area (Å²) in [6, 6.07) is 5.74. The van der Waals surface area contributed by atoms with Crippen LogP contribution in [0.3, 0.4) is 0 Å². The molecule has 1 atom stereocenters. The van der Waals surface area contributed by atoms with Gasteiger partial charge in [-0.1, -0.05) is 12.1 Å². The Labute approximate surface area is 153 Å². The summed E-state index contributed by atoms with van der Waals surface area (Å²) in [4.78, 5) is 24.2. The fourth-order valence-corrected chi connectivity index (χ4v) is 2.46. The molecular weight excluding hydrogens is 334 g/mol. The lowest BCUT2D eigenvalue weighted by atomic mass is 10.1. The molecule has 7 nitrogen and oxygen atoms in total. The van der Waals surface area contributed by atoms with Crippen LogP contribution in [-0.2, 0) is 21.4 Å². The first-order valence-electron chi connectivity index (χ1n) is 8.39. The molecule has 1 amide bonds. The van der Waals surface area contributed by atoms with E-state index in [9.17, 15) is 9.59 Å². The minimum Gasteiger partial charge on any atom is -0.482 e. The Morgan fingerprint density at radius 1 is 1.23 bits per heavy atom. The van der Waals surface area contributed by atoms with Crippen molar-refractivity contribution in [3.05, 3.63) is 40.7 Å². The Hall–Kier alpha value is -2.83. The van der Waals surface area contributed by atoms with Crippen molar-refractivity contribution in [3.8, 4) is 5.75 Å². The number of hydrogen-bond acceptors (Lipinski definition) is 5. The minimum atomic E-state index is -0.941. The number of aromatic nitrogens is 2. The Morgan fingerprint density at radius 3 is 2.54 bits per heavy atom. The van der Waals surface area contributed by atoms with Gasteiger partial charge in [0.2, 0.25) is 0 Å². The molecule has 0 spiro atoms. The molecule has 0 aliphatic carbocycles. The maximum absolute atomic E-state index is 12.3. The van der Waals surface area contributed by atoms with Gasteiger partial charge in [0.15, 0.2) is 12.7 Å². The van der Waals surface area contributed by atoms with Gasteiger partial charge in [-0.3, -0.25) is 9.48 Å². The van der Waals surface area contributed by atoms with Crippen molar-refractivity contribution in [2.75, 3.05) is 11.9 Å². The van der Waals surface area contributed by atoms with Crippen molar-refractivity contribution in [2.24, 2.45) is 7.05 Å². The maximum Gasteiger partial charge on any atom is 0.344 e. The first-order chi connectivity index (χ1) is 12.2. The van der Waals surface area contributed by atoms with Crippen molar-refractivity contribution >= 4 is 17.6 Å². The molecule has 0 aliphatic heterocycles. The summed E-state index contributed by atoms with van der Waals surface area (Å²) in [6.45, 7) is 8.76. The molecular formula is C19H25N3O4. The zero-order valence-electron chi connectivity index (χ0n) is 16.0. The van der Waals surface area contributed by atoms with Crippen molar-refractivity contribution in [3.63, 3.8) is 0 Å². The summed E-state index contributed by atoms with van der Waals surface area (Å²) < 4.78 is 12.3. The number of amides is 1. The molecule has 0 unspecified atom stereocenters. The molecule has 140 valence electrons. The third-order valence-corrected chi connectivity index (χ3v) is 4.12. The second-order valence-electron chi connectivity index (χ2n) is 6.35. The number of aryl methyl sites for hydroxylation is 4. The average molecular weight is 359 g/mol. The lowest BCUT2D eigenvalue weighted by Crippen LogP contribution is -2.32. The Morgan fingerprint density at radius 2 is 1.92 bits per heavy atom. The van der Waals surface area contributed by atoms with Crippen molar-refractivity contribution < 1.29 is 19.1 Å². The molecule has 1 heterocycles. The number of carbonyl (C=O) groups is 2. The van der Waals surface area contributed by atoms with E-state index in [1.165, 1.54) is 6.92 Å². The highest BCUT2D eigenvalue weighted by Crippen LogP contribution is 2.20. The number of ether oxygens (including phenoxy) is 2. The molecule has 1 N–H and O–H groups in total. The van der Waals surface area contributed by atoms with Crippen molar-refractivity contribution in [1.29, 1.82) is 0 Å². The second kappa shape index (κ2) is 8.03. The van der Waals surface area contributed by atoms with E-state index >= 15 is 0 Å². The quantitative estimate of drug-likeness (QED) is 0.802. The van der Waals surface area contributed by atoms with E-state index in [4.69, 9.17) is 9.47 Å². The van der Waals surface area contributed by atoms with Gasteiger partial charge >= 0.3 is 5.97 Å². The number of esters is 1. The van der Waals surface area contributed by atoms with Gasteiger partial charge in [0.25, 0.3) is 5.91 Å². The highest BCUT2D eigenvalue weighted by atomic mass is 16.6. The van der Waals surface area contributed by atoms with E-state index in [0.717, 1.165) is 16.8 Å². The zero-order chi connectivity index (χ0) is 19.4. The molecule has 0 saturated heterocycles. The zero-order valence-corrected chi connectivity index (χ0v) is 16.0. The molecule has 0 radical (unpaired) electrons. The molecule has 2 rings (SSSR count). The summed E-state index contributed by atoms with van der Waals surface area (Å²) in [7, 11) is 1.80. The van der Waals surface area contributed by atoms with Crippen LogP contribution in [0.4, 0.5) is 5.69 Å². The number of nitrogens with zero attached hydrogens (tertiary/aromatic N) is 2. The van der Waals surface area contributed by atoms with Crippen molar-refractivity contribution in [2.45, 2.75) is 40.7 Å². The predicted octanol–water partition coefficient (Wildman–Crippen LogP) is 2.60. The Bertz CT molecular complexity index is 826. The summed E-state index contributed by atoms with van der Waals surface area (Å²) in [5.41, 5.74) is 4.13. The third-order valence-electron chi connectivity index (χ3n) is 4.12. The third kappa shape index (κ3) is 4.62. The summed E-state index contributed by atoms with van der Waals surface area (Å²) in [5.74, 6) is -0.391. The standard InChI is InChI=1S/C19H25N3O4/c1-11-7-8-12(2)16(9-11)25-10-17(23)26-15(5)19(24)20-18-13(3)21-22(6)14(18)4/h7-9,15H,10H2,1-6H3,(H,20,24)/t15-/m0/s1. The minimum absolute atomic E-state index is 0.257. The first kappa shape index (κ1) is 19.5. The number of nitrogens with one attached hydrogen (secondary N) is 1. The normalized spacial score (nSPS) is 11.8. The second-order valence-corrected chi connectivity index (χ2v) is 6.35. The highest BCUT2D eigenvalue weighted by Gasteiger charge is 2.21. The fourth-order valence-electron chi connectivity index (χ4n) is 2.46. The number of rotatable bonds is 6. The van der Waals surface area contributed by atoms with Gasteiger partial charge in [0.1, 0.15) is 5.75 Å². The summed E-state index contributed by atoms with van der Waals surface area (Å²) >= 11 is 0. The monoisotopic (exact) mass is 359 g/mol. The van der Waals surface area contributed by atoms with Crippen LogP contribution >= 0.6 is 0 Å². The summed E-state index contributed by atoms with van der Waals surface area (Å²) in [5, 5.41) is 6.99. The van der Waals surface area contributed by atoms with Gasteiger partial charge in [0.05, 0.1) is 17.1 Å².